The van der Waals surface area contributed by atoms with E-state index >= 15 is 0 Å². The Morgan fingerprint density at radius 2 is 2.23 bits per heavy atom. The molecule has 1 aliphatic heterocycles. The van der Waals surface area contributed by atoms with Gasteiger partial charge in [-0.1, -0.05) is 0 Å². The second-order valence-corrected chi connectivity index (χ2v) is 3.25. The lowest BCUT2D eigenvalue weighted by Gasteiger charge is -2.22. The van der Waals surface area contributed by atoms with Crippen LogP contribution in [0.15, 0.2) is 4.79 Å². The Labute approximate surface area is 76.2 Å². The quantitative estimate of drug-likeness (QED) is 0.588. The molecule has 70 valence electrons. The van der Waals surface area contributed by atoms with Gasteiger partial charge in [0.25, 0.3) is 5.56 Å². The number of fused-ring (bicyclic) bond motifs is 1. The van der Waals surface area contributed by atoms with E-state index in [9.17, 15) is 4.79 Å². The van der Waals surface area contributed by atoms with E-state index in [0.29, 0.717) is 18.1 Å². The number of aryl methyl sites for hydroxylation is 1. The molecule has 0 unspecified atom stereocenters. The second-order valence-electron chi connectivity index (χ2n) is 3.25. The Bertz CT molecular complexity index is 395. The summed E-state index contributed by atoms with van der Waals surface area (Å²) in [5, 5.41) is 0. The molecule has 4 heteroatoms. The Hall–Kier alpha value is -1.32. The van der Waals surface area contributed by atoms with Crippen molar-refractivity contribution < 1.29 is 4.74 Å². The molecule has 1 aliphatic rings. The summed E-state index contributed by atoms with van der Waals surface area (Å²) in [5.41, 5.74) is 0.441. The molecule has 4 nitrogen and oxygen atoms in total. The Morgan fingerprint density at radius 1 is 1.46 bits per heavy atom. The third-order valence-corrected chi connectivity index (χ3v) is 2.31. The highest BCUT2D eigenvalue weighted by Crippen LogP contribution is 2.19. The SMILES string of the molecule is Cc1c2n(c(C)nc1=O)CCCO2. The fraction of sp³-hybridized carbons (Fsp3) is 0.556. The van der Waals surface area contributed by atoms with Crippen LogP contribution in [0.25, 0.3) is 0 Å². The maximum Gasteiger partial charge on any atom is 0.279 e. The van der Waals surface area contributed by atoms with Crippen molar-refractivity contribution in [3.8, 4) is 5.88 Å². The summed E-state index contributed by atoms with van der Waals surface area (Å²) in [6.45, 7) is 5.18. The summed E-state index contributed by atoms with van der Waals surface area (Å²) in [5.74, 6) is 1.44. The molecule has 0 bridgehead atoms. The maximum atomic E-state index is 11.3. The molecule has 0 radical (unpaired) electrons. The second kappa shape index (κ2) is 2.87. The molecule has 0 atom stereocenters. The highest BCUT2D eigenvalue weighted by molar-refractivity contribution is 5.25. The van der Waals surface area contributed by atoms with Gasteiger partial charge in [-0.3, -0.25) is 4.79 Å². The van der Waals surface area contributed by atoms with Crippen molar-refractivity contribution in [2.24, 2.45) is 0 Å². The smallest absolute Gasteiger partial charge is 0.279 e. The van der Waals surface area contributed by atoms with Gasteiger partial charge in [0, 0.05) is 6.54 Å². The molecule has 0 N–H and O–H groups in total. The molecular weight excluding hydrogens is 168 g/mol. The van der Waals surface area contributed by atoms with Crippen molar-refractivity contribution in [2.45, 2.75) is 26.8 Å². The van der Waals surface area contributed by atoms with Gasteiger partial charge in [0.2, 0.25) is 5.88 Å². The monoisotopic (exact) mass is 180 g/mol. The van der Waals surface area contributed by atoms with E-state index in [1.165, 1.54) is 0 Å². The molecular formula is C9H12N2O2. The molecule has 0 aliphatic carbocycles. The van der Waals surface area contributed by atoms with Crippen molar-refractivity contribution in [1.82, 2.24) is 9.55 Å². The zero-order chi connectivity index (χ0) is 9.42. The number of rotatable bonds is 0. The van der Waals surface area contributed by atoms with Gasteiger partial charge in [0.1, 0.15) is 5.82 Å². The Balaban J connectivity index is 2.70. The minimum absolute atomic E-state index is 0.175. The summed E-state index contributed by atoms with van der Waals surface area (Å²) >= 11 is 0. The van der Waals surface area contributed by atoms with Crippen LogP contribution < -0.4 is 10.3 Å². The largest absolute Gasteiger partial charge is 0.478 e. The first-order valence-electron chi connectivity index (χ1n) is 4.41. The van der Waals surface area contributed by atoms with Gasteiger partial charge in [-0.05, 0) is 20.3 Å². The molecule has 0 aromatic carbocycles. The predicted octanol–water partition coefficient (Wildman–Crippen LogP) is 0.643. The van der Waals surface area contributed by atoms with Crippen LogP contribution in [0.5, 0.6) is 5.88 Å². The molecule has 0 amide bonds. The average Bonchev–Trinajstić information content (AvgIpc) is 2.15. The standard InChI is InChI=1S/C9H12N2O2/c1-6-8(12)10-7(2)11-4-3-5-13-9(6)11/h3-5H2,1-2H3. The molecule has 0 saturated carbocycles. The first-order valence-corrected chi connectivity index (χ1v) is 4.41. The van der Waals surface area contributed by atoms with Crippen molar-refractivity contribution >= 4 is 0 Å². The van der Waals surface area contributed by atoms with Gasteiger partial charge in [-0.2, -0.15) is 4.98 Å². The highest BCUT2D eigenvalue weighted by Gasteiger charge is 2.15. The average molecular weight is 180 g/mol. The van der Waals surface area contributed by atoms with Crippen LogP contribution in [0.1, 0.15) is 17.8 Å². The molecule has 2 heterocycles. The van der Waals surface area contributed by atoms with Crippen LogP contribution in [-0.2, 0) is 6.54 Å². The molecule has 0 saturated heterocycles. The topological polar surface area (TPSA) is 44.1 Å². The van der Waals surface area contributed by atoms with Gasteiger partial charge in [0.15, 0.2) is 0 Å². The number of nitrogens with zero attached hydrogens (tertiary/aromatic N) is 2. The number of hydrogen-bond donors (Lipinski definition) is 0. The van der Waals surface area contributed by atoms with Crippen LogP contribution in [-0.4, -0.2) is 16.2 Å². The van der Waals surface area contributed by atoms with E-state index in [4.69, 9.17) is 4.74 Å². The van der Waals surface area contributed by atoms with Crippen LogP contribution in [0, 0.1) is 13.8 Å². The van der Waals surface area contributed by atoms with E-state index in [0.717, 1.165) is 18.8 Å². The van der Waals surface area contributed by atoms with Crippen molar-refractivity contribution in [2.75, 3.05) is 6.61 Å². The van der Waals surface area contributed by atoms with E-state index in [2.05, 4.69) is 4.98 Å². The number of ether oxygens (including phenoxy) is 1. The lowest BCUT2D eigenvalue weighted by molar-refractivity contribution is 0.231. The first-order chi connectivity index (χ1) is 6.20. The van der Waals surface area contributed by atoms with E-state index < -0.39 is 0 Å². The lowest BCUT2D eigenvalue weighted by Crippen LogP contribution is -2.25. The maximum absolute atomic E-state index is 11.3. The van der Waals surface area contributed by atoms with Crippen LogP contribution in [0.3, 0.4) is 0 Å². The van der Waals surface area contributed by atoms with E-state index in [1.807, 2.05) is 11.5 Å². The Kier molecular flexibility index (Phi) is 1.83. The third kappa shape index (κ3) is 1.22. The zero-order valence-corrected chi connectivity index (χ0v) is 7.83. The summed E-state index contributed by atoms with van der Waals surface area (Å²) in [4.78, 5) is 15.2. The summed E-state index contributed by atoms with van der Waals surface area (Å²) in [6.07, 6.45) is 0.984. The van der Waals surface area contributed by atoms with Crippen LogP contribution in [0.4, 0.5) is 0 Å². The molecule has 0 spiro atoms. The highest BCUT2D eigenvalue weighted by atomic mass is 16.5. The summed E-state index contributed by atoms with van der Waals surface area (Å²) in [7, 11) is 0. The van der Waals surface area contributed by atoms with Crippen LogP contribution >= 0.6 is 0 Å². The normalized spacial score (nSPS) is 14.9. The predicted molar refractivity (Wildman–Crippen MR) is 48.1 cm³/mol. The Morgan fingerprint density at radius 3 is 3.00 bits per heavy atom. The molecule has 2 rings (SSSR count). The van der Waals surface area contributed by atoms with Crippen molar-refractivity contribution in [3.63, 3.8) is 0 Å². The van der Waals surface area contributed by atoms with Crippen molar-refractivity contribution in [3.05, 3.63) is 21.7 Å². The van der Waals surface area contributed by atoms with E-state index in [1.54, 1.807) is 6.92 Å². The minimum Gasteiger partial charge on any atom is -0.478 e. The fourth-order valence-corrected chi connectivity index (χ4v) is 1.57. The van der Waals surface area contributed by atoms with Gasteiger partial charge in [0.05, 0.1) is 12.2 Å². The lowest BCUT2D eigenvalue weighted by atomic mass is 10.3. The van der Waals surface area contributed by atoms with E-state index in [-0.39, 0.29) is 5.56 Å². The molecule has 1 aromatic rings. The minimum atomic E-state index is -0.175. The van der Waals surface area contributed by atoms with Gasteiger partial charge in [-0.15, -0.1) is 0 Å². The molecule has 0 fully saturated rings. The van der Waals surface area contributed by atoms with Gasteiger partial charge < -0.3 is 9.30 Å². The molecule has 1 aromatic heterocycles. The van der Waals surface area contributed by atoms with Crippen LogP contribution in [0.2, 0.25) is 0 Å². The fourth-order valence-electron chi connectivity index (χ4n) is 1.57. The summed E-state index contributed by atoms with van der Waals surface area (Å²) in [6, 6.07) is 0. The summed E-state index contributed by atoms with van der Waals surface area (Å²) < 4.78 is 7.40. The van der Waals surface area contributed by atoms with Crippen molar-refractivity contribution in [1.29, 1.82) is 0 Å². The first kappa shape index (κ1) is 8.29. The number of hydrogen-bond acceptors (Lipinski definition) is 3. The zero-order valence-electron chi connectivity index (χ0n) is 7.83. The molecule has 13 heavy (non-hydrogen) atoms. The van der Waals surface area contributed by atoms with Gasteiger partial charge in [-0.25, -0.2) is 0 Å². The van der Waals surface area contributed by atoms with Gasteiger partial charge >= 0.3 is 0 Å². The number of aromatic nitrogens is 2. The third-order valence-electron chi connectivity index (χ3n) is 2.31.